The lowest BCUT2D eigenvalue weighted by Crippen LogP contribution is -2.50. The second-order valence-electron chi connectivity index (χ2n) is 18.9. The minimum absolute atomic E-state index is 0.00491. The summed E-state index contributed by atoms with van der Waals surface area (Å²) in [5.74, 6) is -0.0522. The summed E-state index contributed by atoms with van der Waals surface area (Å²) < 4.78 is 25.5. The van der Waals surface area contributed by atoms with E-state index in [1.165, 1.54) is 5.57 Å². The topological polar surface area (TPSA) is 117 Å². The monoisotopic (exact) mass is 766 g/mol. The molecular formula is C42H79NO7Si2. The van der Waals surface area contributed by atoms with E-state index in [1.54, 1.807) is 0 Å². The van der Waals surface area contributed by atoms with Gasteiger partial charge in [0, 0.05) is 24.7 Å². The number of nitrogens with two attached hydrogens (primary N) is 1. The third-order valence-corrected chi connectivity index (χ3v) is 20.8. The fraction of sp³-hybridized carbons (Fsp3) is 0.810. The zero-order valence-corrected chi connectivity index (χ0v) is 38.2. The molecule has 0 aliphatic carbocycles. The number of allylic oxidation sites excluding steroid dienone is 2. The summed E-state index contributed by atoms with van der Waals surface area (Å²) in [6, 6.07) is 0. The van der Waals surface area contributed by atoms with Crippen LogP contribution < -0.4 is 5.73 Å². The van der Waals surface area contributed by atoms with E-state index >= 15 is 0 Å². The molecule has 0 aromatic heterocycles. The molecule has 0 aromatic carbocycles. The van der Waals surface area contributed by atoms with E-state index in [9.17, 15) is 14.7 Å². The van der Waals surface area contributed by atoms with E-state index in [4.69, 9.17) is 24.1 Å². The second-order valence-corrected chi connectivity index (χ2v) is 28.4. The molecule has 1 amide bonds. The highest BCUT2D eigenvalue weighted by Gasteiger charge is 2.44. The van der Waals surface area contributed by atoms with Crippen LogP contribution in [0, 0.1) is 29.6 Å². The average Bonchev–Trinajstić information content (AvgIpc) is 3.40. The molecule has 10 atom stereocenters. The summed E-state index contributed by atoms with van der Waals surface area (Å²) in [6.07, 6.45) is 11.3. The SMILES string of the molecule is CC/C=C\C(C)[C@H](OC(N)=O)[C@@H](C)[C@H](O[Si](C)(C)C(C)(C)C)[C@@H](C)C/C(C)=C\[C@H](C)[C@@H](O[Si](C)(C)C(C)(C)C)C(C)/C=C\C(O)CC1CCC(=O)O1. The Kier molecular flexibility index (Phi) is 18.8. The van der Waals surface area contributed by atoms with Crippen LogP contribution in [0.1, 0.15) is 122 Å². The molecule has 302 valence electrons. The number of aliphatic hydroxyl groups excluding tert-OH is 1. The Morgan fingerprint density at radius 1 is 0.885 bits per heavy atom. The molecule has 0 saturated carbocycles. The standard InChI is InChI=1S/C42H79NO7Si2/c1-18-19-20-29(3)38(48-40(43)46)33(7)39(50-52(16,17)42(11,12)13)32(6)26-28(2)25-31(5)37(49-51(14,15)41(8,9)10)30(4)21-22-34(44)27-35-23-24-36(45)47-35/h19-22,25,29-35,37-39,44H,18,23-24,26-27H2,1-17H3,(H2,43,46)/b20-19-,22-21-,28-25-/t29?,30?,31-,32-,33+,34?,35?,37-,38-,39+/m0/s1. The molecule has 4 unspecified atom stereocenters. The van der Waals surface area contributed by atoms with Gasteiger partial charge in [0.25, 0.3) is 0 Å². The summed E-state index contributed by atoms with van der Waals surface area (Å²) in [5, 5.41) is 10.8. The first-order valence-corrected chi connectivity index (χ1v) is 25.7. The zero-order chi connectivity index (χ0) is 40.4. The van der Waals surface area contributed by atoms with Gasteiger partial charge in [-0.2, -0.15) is 0 Å². The predicted octanol–water partition coefficient (Wildman–Crippen LogP) is 10.7. The van der Waals surface area contributed by atoms with E-state index in [1.807, 2.05) is 6.08 Å². The third-order valence-electron chi connectivity index (χ3n) is 11.9. The molecule has 0 radical (unpaired) electrons. The van der Waals surface area contributed by atoms with Gasteiger partial charge < -0.3 is 29.2 Å². The quantitative estimate of drug-likeness (QED) is 0.0720. The Morgan fingerprint density at radius 3 is 1.87 bits per heavy atom. The zero-order valence-electron chi connectivity index (χ0n) is 36.2. The summed E-state index contributed by atoms with van der Waals surface area (Å²) in [6.45, 7) is 37.8. The van der Waals surface area contributed by atoms with Crippen LogP contribution >= 0.6 is 0 Å². The Labute approximate surface area is 321 Å². The number of amides is 1. The normalized spacial score (nSPS) is 22.1. The maximum Gasteiger partial charge on any atom is 0.404 e. The van der Waals surface area contributed by atoms with E-state index in [-0.39, 0.29) is 63.9 Å². The number of primary amides is 1. The fourth-order valence-electron chi connectivity index (χ4n) is 6.69. The molecule has 8 nitrogen and oxygen atoms in total. The Balaban J connectivity index is 3.46. The van der Waals surface area contributed by atoms with Gasteiger partial charge >= 0.3 is 12.1 Å². The number of hydrogen-bond acceptors (Lipinski definition) is 7. The van der Waals surface area contributed by atoms with Crippen LogP contribution in [0.2, 0.25) is 36.3 Å². The molecule has 10 heteroatoms. The number of carbonyl (C=O) groups excluding carboxylic acids is 2. The number of rotatable bonds is 20. The minimum atomic E-state index is -2.21. The highest BCUT2D eigenvalue weighted by atomic mass is 28.4. The van der Waals surface area contributed by atoms with Gasteiger partial charge in [-0.1, -0.05) is 119 Å². The van der Waals surface area contributed by atoms with Gasteiger partial charge in [0.1, 0.15) is 12.2 Å². The predicted molar refractivity (Wildman–Crippen MR) is 221 cm³/mol. The molecule has 0 aromatic rings. The fourth-order valence-corrected chi connectivity index (χ4v) is 9.63. The minimum Gasteiger partial charge on any atom is -0.462 e. The molecule has 3 N–H and O–H groups in total. The van der Waals surface area contributed by atoms with E-state index < -0.39 is 34.9 Å². The molecule has 1 heterocycles. The second kappa shape index (κ2) is 20.3. The molecular weight excluding hydrogens is 687 g/mol. The first-order chi connectivity index (χ1) is 23.6. The van der Waals surface area contributed by atoms with E-state index in [0.29, 0.717) is 19.3 Å². The highest BCUT2D eigenvalue weighted by molar-refractivity contribution is 6.74. The summed E-state index contributed by atoms with van der Waals surface area (Å²) in [4.78, 5) is 23.7. The van der Waals surface area contributed by atoms with Crippen LogP contribution in [0.25, 0.3) is 0 Å². The lowest BCUT2D eigenvalue weighted by atomic mass is 9.81. The van der Waals surface area contributed by atoms with Crippen molar-refractivity contribution in [2.24, 2.45) is 35.3 Å². The van der Waals surface area contributed by atoms with Crippen LogP contribution in [-0.2, 0) is 23.1 Å². The van der Waals surface area contributed by atoms with Crippen LogP contribution in [-0.4, -0.2) is 64.3 Å². The number of hydrogen-bond donors (Lipinski definition) is 2. The molecule has 1 aliphatic rings. The summed E-state index contributed by atoms with van der Waals surface area (Å²) in [7, 11) is -4.36. The lowest BCUT2D eigenvalue weighted by Gasteiger charge is -2.45. The van der Waals surface area contributed by atoms with Crippen LogP contribution in [0.15, 0.2) is 36.0 Å². The molecule has 1 aliphatic heterocycles. The van der Waals surface area contributed by atoms with Gasteiger partial charge in [0.05, 0.1) is 18.3 Å². The maximum atomic E-state index is 12.2. The number of aliphatic hydroxyl groups is 1. The smallest absolute Gasteiger partial charge is 0.404 e. The van der Waals surface area contributed by atoms with Gasteiger partial charge in [-0.3, -0.25) is 4.79 Å². The molecule has 1 saturated heterocycles. The first-order valence-electron chi connectivity index (χ1n) is 19.8. The Hall–Kier alpha value is -1.73. The number of esters is 1. The summed E-state index contributed by atoms with van der Waals surface area (Å²) in [5.41, 5.74) is 6.89. The number of carbonyl (C=O) groups is 2. The average molecular weight is 766 g/mol. The van der Waals surface area contributed by atoms with Crippen molar-refractivity contribution < 1.29 is 33.0 Å². The van der Waals surface area contributed by atoms with Gasteiger partial charge in [-0.25, -0.2) is 4.79 Å². The van der Waals surface area contributed by atoms with Crippen molar-refractivity contribution >= 4 is 28.7 Å². The molecule has 0 spiro atoms. The molecule has 1 fully saturated rings. The van der Waals surface area contributed by atoms with Crippen LogP contribution in [0.3, 0.4) is 0 Å². The highest BCUT2D eigenvalue weighted by Crippen LogP contribution is 2.42. The lowest BCUT2D eigenvalue weighted by molar-refractivity contribution is -0.142. The van der Waals surface area contributed by atoms with Gasteiger partial charge in [0.2, 0.25) is 0 Å². The van der Waals surface area contributed by atoms with Gasteiger partial charge in [0.15, 0.2) is 16.6 Å². The van der Waals surface area contributed by atoms with Gasteiger partial charge in [-0.15, -0.1) is 0 Å². The molecule has 1 rings (SSSR count). The molecule has 0 bridgehead atoms. The van der Waals surface area contributed by atoms with Crippen molar-refractivity contribution in [3.63, 3.8) is 0 Å². The molecule has 52 heavy (non-hydrogen) atoms. The largest absolute Gasteiger partial charge is 0.462 e. The third kappa shape index (κ3) is 15.2. The van der Waals surface area contributed by atoms with Crippen LogP contribution in [0.5, 0.6) is 0 Å². The Bertz CT molecular complexity index is 1220. The van der Waals surface area contributed by atoms with Crippen LogP contribution in [0.4, 0.5) is 4.79 Å². The van der Waals surface area contributed by atoms with E-state index in [2.05, 4.69) is 141 Å². The number of ether oxygens (including phenoxy) is 2. The van der Waals surface area contributed by atoms with Crippen molar-refractivity contribution in [3.05, 3.63) is 36.0 Å². The summed E-state index contributed by atoms with van der Waals surface area (Å²) >= 11 is 0. The van der Waals surface area contributed by atoms with Crippen molar-refractivity contribution in [1.29, 1.82) is 0 Å². The first kappa shape index (κ1) is 48.3. The van der Waals surface area contributed by atoms with Crippen molar-refractivity contribution in [1.82, 2.24) is 0 Å². The maximum absolute atomic E-state index is 12.2. The van der Waals surface area contributed by atoms with Crippen molar-refractivity contribution in [2.75, 3.05) is 0 Å². The van der Waals surface area contributed by atoms with Crippen molar-refractivity contribution in [2.45, 2.75) is 189 Å². The Morgan fingerprint density at radius 2 is 1.40 bits per heavy atom. The number of cyclic esters (lactones) is 1. The van der Waals surface area contributed by atoms with Crippen molar-refractivity contribution in [3.8, 4) is 0 Å². The van der Waals surface area contributed by atoms with E-state index in [0.717, 1.165) is 12.8 Å². The van der Waals surface area contributed by atoms with Gasteiger partial charge in [-0.05, 0) is 80.2 Å².